The van der Waals surface area contributed by atoms with Crippen molar-refractivity contribution in [1.82, 2.24) is 19.7 Å². The van der Waals surface area contributed by atoms with Crippen LogP contribution in [0, 0.1) is 5.82 Å². The fourth-order valence-corrected chi connectivity index (χ4v) is 3.67. The predicted molar refractivity (Wildman–Crippen MR) is 123 cm³/mol. The van der Waals surface area contributed by atoms with Crippen LogP contribution in [0.25, 0.3) is 22.4 Å². The van der Waals surface area contributed by atoms with E-state index in [0.29, 0.717) is 29.7 Å². The predicted octanol–water partition coefficient (Wildman–Crippen LogP) is 5.27. The molecule has 2 aromatic carbocycles. The molecule has 2 aromatic heterocycles. The van der Waals surface area contributed by atoms with E-state index in [1.165, 1.54) is 13.2 Å². The van der Waals surface area contributed by atoms with Crippen LogP contribution < -0.4 is 14.8 Å². The number of rotatable bonds is 8. The number of nitrogens with one attached hydrogen (secondary N) is 1. The van der Waals surface area contributed by atoms with Gasteiger partial charge in [-0.25, -0.2) is 14.4 Å². The lowest BCUT2D eigenvalue weighted by Gasteiger charge is -2.13. The molecule has 7 nitrogen and oxygen atoms in total. The third kappa shape index (κ3) is 4.08. The minimum absolute atomic E-state index is 0.181. The van der Waals surface area contributed by atoms with E-state index in [1.54, 1.807) is 16.8 Å². The highest BCUT2D eigenvalue weighted by molar-refractivity contribution is 5.91. The van der Waals surface area contributed by atoms with Crippen LogP contribution in [0.1, 0.15) is 26.0 Å². The highest BCUT2D eigenvalue weighted by atomic mass is 19.1. The molecule has 166 valence electrons. The number of fused-ring (bicyclic) bond motifs is 1. The molecule has 0 atom stereocenters. The molecule has 0 aliphatic heterocycles. The Morgan fingerprint density at radius 1 is 1.06 bits per heavy atom. The fourth-order valence-electron chi connectivity index (χ4n) is 3.67. The zero-order chi connectivity index (χ0) is 22.7. The molecule has 4 aromatic rings. The summed E-state index contributed by atoms with van der Waals surface area (Å²) < 4.78 is 26.9. The Morgan fingerprint density at radius 2 is 1.88 bits per heavy atom. The maximum Gasteiger partial charge on any atom is 0.167 e. The van der Waals surface area contributed by atoms with E-state index in [0.717, 1.165) is 35.1 Å². The van der Waals surface area contributed by atoms with Crippen molar-refractivity contribution in [2.24, 2.45) is 7.05 Å². The van der Waals surface area contributed by atoms with Crippen LogP contribution >= 0.6 is 0 Å². The summed E-state index contributed by atoms with van der Waals surface area (Å²) in [6, 6.07) is 12.4. The van der Waals surface area contributed by atoms with Crippen molar-refractivity contribution in [3.63, 3.8) is 0 Å². The summed E-state index contributed by atoms with van der Waals surface area (Å²) in [5.41, 5.74) is 3.74. The summed E-state index contributed by atoms with van der Waals surface area (Å²) in [6.45, 7) is 4.57. The Labute approximate surface area is 186 Å². The number of aromatic nitrogens is 4. The highest BCUT2D eigenvalue weighted by Gasteiger charge is 2.20. The summed E-state index contributed by atoms with van der Waals surface area (Å²) in [5, 5.41) is 7.92. The number of benzene rings is 2. The van der Waals surface area contributed by atoms with Gasteiger partial charge in [0.1, 0.15) is 16.8 Å². The minimum atomic E-state index is -0.457. The van der Waals surface area contributed by atoms with E-state index in [9.17, 15) is 4.39 Å². The van der Waals surface area contributed by atoms with Gasteiger partial charge in [-0.15, -0.1) is 0 Å². The average Bonchev–Trinajstić information content (AvgIpc) is 3.10. The quantitative estimate of drug-likeness (QED) is 0.406. The van der Waals surface area contributed by atoms with Gasteiger partial charge in [-0.3, -0.25) is 4.68 Å². The Hall–Kier alpha value is -3.68. The van der Waals surface area contributed by atoms with E-state index in [1.807, 2.05) is 38.2 Å². The van der Waals surface area contributed by atoms with Crippen LogP contribution in [0.3, 0.4) is 0 Å². The summed E-state index contributed by atoms with van der Waals surface area (Å²) in [6.07, 6.45) is 1.73. The van der Waals surface area contributed by atoms with E-state index in [2.05, 4.69) is 17.3 Å². The van der Waals surface area contributed by atoms with Gasteiger partial charge in [-0.05, 0) is 37.6 Å². The van der Waals surface area contributed by atoms with Gasteiger partial charge in [0.15, 0.2) is 23.2 Å². The summed E-state index contributed by atoms with van der Waals surface area (Å²) in [7, 11) is 3.30. The molecule has 0 saturated carbocycles. The summed E-state index contributed by atoms with van der Waals surface area (Å²) in [5.74, 6) is 1.49. The summed E-state index contributed by atoms with van der Waals surface area (Å²) in [4.78, 5) is 9.67. The molecule has 0 saturated heterocycles. The van der Waals surface area contributed by atoms with Crippen LogP contribution in [-0.2, 0) is 13.5 Å². The molecule has 0 aliphatic rings. The van der Waals surface area contributed by atoms with Crippen molar-refractivity contribution in [3.8, 4) is 22.9 Å². The first-order valence-electron chi connectivity index (χ1n) is 10.6. The van der Waals surface area contributed by atoms with Crippen molar-refractivity contribution in [2.75, 3.05) is 19.0 Å². The van der Waals surface area contributed by atoms with Crippen LogP contribution in [0.4, 0.5) is 15.9 Å². The zero-order valence-electron chi connectivity index (χ0n) is 18.6. The van der Waals surface area contributed by atoms with Crippen molar-refractivity contribution < 1.29 is 13.9 Å². The molecular weight excluding hydrogens is 409 g/mol. The maximum absolute atomic E-state index is 14.3. The molecule has 1 N–H and O–H groups in total. The normalized spacial score (nSPS) is 11.0. The Bertz CT molecular complexity index is 1250. The SMILES string of the molecule is CCCc1nn(C)c2c(Nc3ccc(OC)c(F)c3)nc(-c3ccccc3OCC)nc12. The number of para-hydroxylation sites is 1. The Morgan fingerprint density at radius 3 is 2.59 bits per heavy atom. The van der Waals surface area contributed by atoms with Gasteiger partial charge >= 0.3 is 0 Å². The second-order valence-corrected chi connectivity index (χ2v) is 7.32. The molecule has 0 unspecified atom stereocenters. The monoisotopic (exact) mass is 435 g/mol. The molecule has 0 aliphatic carbocycles. The second-order valence-electron chi connectivity index (χ2n) is 7.32. The van der Waals surface area contributed by atoms with Gasteiger partial charge in [-0.2, -0.15) is 5.10 Å². The van der Waals surface area contributed by atoms with Crippen LogP contribution in [0.2, 0.25) is 0 Å². The number of hydrogen-bond donors (Lipinski definition) is 1. The van der Waals surface area contributed by atoms with Crippen molar-refractivity contribution in [1.29, 1.82) is 0 Å². The molecule has 2 heterocycles. The van der Waals surface area contributed by atoms with Gasteiger partial charge in [0.25, 0.3) is 0 Å². The molecule has 0 bridgehead atoms. The van der Waals surface area contributed by atoms with Crippen molar-refractivity contribution in [3.05, 3.63) is 54.0 Å². The van der Waals surface area contributed by atoms with Crippen molar-refractivity contribution in [2.45, 2.75) is 26.7 Å². The first kappa shape index (κ1) is 21.5. The largest absolute Gasteiger partial charge is 0.494 e. The lowest BCUT2D eigenvalue weighted by molar-refractivity contribution is 0.341. The van der Waals surface area contributed by atoms with Gasteiger partial charge < -0.3 is 14.8 Å². The third-order valence-electron chi connectivity index (χ3n) is 5.08. The Kier molecular flexibility index (Phi) is 6.20. The number of methoxy groups -OCH3 is 1. The molecule has 0 spiro atoms. The van der Waals surface area contributed by atoms with Gasteiger partial charge in [0.2, 0.25) is 0 Å². The molecule has 8 heteroatoms. The first-order chi connectivity index (χ1) is 15.5. The highest BCUT2D eigenvalue weighted by Crippen LogP contribution is 2.33. The minimum Gasteiger partial charge on any atom is -0.494 e. The molecule has 0 radical (unpaired) electrons. The van der Waals surface area contributed by atoms with E-state index in [4.69, 9.17) is 19.4 Å². The van der Waals surface area contributed by atoms with E-state index < -0.39 is 5.82 Å². The van der Waals surface area contributed by atoms with Gasteiger partial charge in [0.05, 0.1) is 25.0 Å². The average molecular weight is 436 g/mol. The van der Waals surface area contributed by atoms with Gasteiger partial charge in [0, 0.05) is 18.8 Å². The molecule has 32 heavy (non-hydrogen) atoms. The van der Waals surface area contributed by atoms with Crippen molar-refractivity contribution >= 4 is 22.5 Å². The summed E-state index contributed by atoms with van der Waals surface area (Å²) >= 11 is 0. The molecule has 4 rings (SSSR count). The first-order valence-corrected chi connectivity index (χ1v) is 10.6. The molecule has 0 amide bonds. The number of anilines is 2. The van der Waals surface area contributed by atoms with E-state index in [-0.39, 0.29) is 5.75 Å². The second kappa shape index (κ2) is 9.21. The maximum atomic E-state index is 14.3. The topological polar surface area (TPSA) is 74.1 Å². The third-order valence-corrected chi connectivity index (χ3v) is 5.08. The number of ether oxygens (including phenoxy) is 2. The fraction of sp³-hybridized carbons (Fsp3) is 0.292. The van der Waals surface area contributed by atoms with Crippen LogP contribution in [0.5, 0.6) is 11.5 Å². The van der Waals surface area contributed by atoms with Gasteiger partial charge in [-0.1, -0.05) is 25.5 Å². The molecular formula is C24H26FN5O2. The number of nitrogens with zero attached hydrogens (tertiary/aromatic N) is 4. The lowest BCUT2D eigenvalue weighted by atomic mass is 10.1. The zero-order valence-corrected chi connectivity index (χ0v) is 18.6. The standard InChI is InChI=1S/C24H26FN5O2/c1-5-9-18-21-22(30(3)29-18)24(26-15-12-13-20(31-4)17(25)14-15)28-23(27-21)16-10-7-8-11-19(16)32-6-2/h7-8,10-14H,5-6,9H2,1-4H3,(H,26,27,28). The lowest BCUT2D eigenvalue weighted by Crippen LogP contribution is -2.03. The Balaban J connectivity index is 1.90. The molecule has 0 fully saturated rings. The number of halogens is 1. The van der Waals surface area contributed by atoms with E-state index >= 15 is 0 Å². The number of aryl methyl sites for hydroxylation is 2. The number of hydrogen-bond acceptors (Lipinski definition) is 6. The smallest absolute Gasteiger partial charge is 0.167 e. The van der Waals surface area contributed by atoms with Crippen LogP contribution in [-0.4, -0.2) is 33.5 Å². The van der Waals surface area contributed by atoms with Crippen LogP contribution in [0.15, 0.2) is 42.5 Å².